The van der Waals surface area contributed by atoms with Crippen LogP contribution in [0.15, 0.2) is 29.2 Å². The molecule has 102 valence electrons. The number of amides is 1. The Bertz CT molecular complexity index is 489. The van der Waals surface area contributed by atoms with Crippen LogP contribution >= 0.6 is 11.8 Å². The quantitative estimate of drug-likeness (QED) is 0.788. The molecule has 0 radical (unpaired) electrons. The van der Waals surface area contributed by atoms with Crippen LogP contribution in [-0.2, 0) is 14.4 Å². The van der Waals surface area contributed by atoms with Crippen molar-refractivity contribution in [3.63, 3.8) is 0 Å². The van der Waals surface area contributed by atoms with E-state index < -0.39 is 0 Å². The van der Waals surface area contributed by atoms with Crippen molar-refractivity contribution < 1.29 is 14.4 Å². The zero-order valence-electron chi connectivity index (χ0n) is 11.1. The van der Waals surface area contributed by atoms with E-state index in [0.29, 0.717) is 6.54 Å². The third-order valence-corrected chi connectivity index (χ3v) is 3.87. The predicted molar refractivity (Wildman–Crippen MR) is 72.2 cm³/mol. The van der Waals surface area contributed by atoms with E-state index >= 15 is 0 Å². The molecule has 1 aromatic rings. The van der Waals surface area contributed by atoms with Gasteiger partial charge >= 0.3 is 5.97 Å². The summed E-state index contributed by atoms with van der Waals surface area (Å²) in [5, 5.41) is 2.60. The molecule has 1 unspecified atom stereocenters. The summed E-state index contributed by atoms with van der Waals surface area (Å²) in [5.74, 6) is -0.853. The smallest absolute Gasteiger partial charge is 0.336 e. The fourth-order valence-corrected chi connectivity index (χ4v) is 2.26. The van der Waals surface area contributed by atoms with Gasteiger partial charge in [-0.1, -0.05) is 12.1 Å². The van der Waals surface area contributed by atoms with Crippen LogP contribution in [0.1, 0.15) is 18.4 Å². The van der Waals surface area contributed by atoms with E-state index in [9.17, 15) is 9.59 Å². The minimum absolute atomic E-state index is 0.175. The van der Waals surface area contributed by atoms with Gasteiger partial charge in [0.2, 0.25) is 5.91 Å². The Morgan fingerprint density at radius 3 is 2.58 bits per heavy atom. The van der Waals surface area contributed by atoms with Gasteiger partial charge in [-0.25, -0.2) is 9.80 Å². The van der Waals surface area contributed by atoms with Gasteiger partial charge in [0.15, 0.2) is 0 Å². The number of hydroxylamine groups is 1. The third kappa shape index (κ3) is 2.90. The third-order valence-electron chi connectivity index (χ3n) is 3.13. The maximum absolute atomic E-state index is 11.9. The van der Waals surface area contributed by atoms with Gasteiger partial charge in [-0.3, -0.25) is 4.79 Å². The molecule has 1 heterocycles. The maximum Gasteiger partial charge on any atom is 0.336 e. The fourth-order valence-electron chi connectivity index (χ4n) is 1.85. The number of rotatable bonds is 3. The minimum atomic E-state index is -0.349. The highest BCUT2D eigenvalue weighted by atomic mass is 32.2. The molecule has 0 spiro atoms. The monoisotopic (exact) mass is 280 g/mol. The van der Waals surface area contributed by atoms with E-state index in [1.807, 2.05) is 30.5 Å². The van der Waals surface area contributed by atoms with Crippen molar-refractivity contribution >= 4 is 23.6 Å². The summed E-state index contributed by atoms with van der Waals surface area (Å²) in [6.45, 7) is 1.78. The predicted octanol–water partition coefficient (Wildman–Crippen LogP) is 1.66. The van der Waals surface area contributed by atoms with Gasteiger partial charge in [0.05, 0.1) is 6.54 Å². The summed E-state index contributed by atoms with van der Waals surface area (Å²) in [6, 6.07) is 7.80. The van der Waals surface area contributed by atoms with Crippen molar-refractivity contribution in [3.8, 4) is 0 Å². The van der Waals surface area contributed by atoms with Crippen LogP contribution in [0.4, 0.5) is 0 Å². The second-order valence-electron chi connectivity index (χ2n) is 4.31. The summed E-state index contributed by atoms with van der Waals surface area (Å²) >= 11 is 1.65. The number of thioether (sulfide) groups is 1. The summed E-state index contributed by atoms with van der Waals surface area (Å²) in [5.41, 5.74) is 0.905. The maximum atomic E-state index is 11.9. The highest BCUT2D eigenvalue weighted by Crippen LogP contribution is 2.27. The minimum Gasteiger partial charge on any atom is -0.347 e. The van der Waals surface area contributed by atoms with Crippen LogP contribution in [0, 0.1) is 0 Å². The Morgan fingerprint density at radius 1 is 1.42 bits per heavy atom. The molecule has 1 fully saturated rings. The van der Waals surface area contributed by atoms with Crippen LogP contribution in [0.2, 0.25) is 0 Å². The first-order valence-electron chi connectivity index (χ1n) is 5.90. The molecule has 1 amide bonds. The molecule has 1 saturated heterocycles. The number of benzene rings is 1. The summed E-state index contributed by atoms with van der Waals surface area (Å²) in [6.07, 6.45) is 2.00. The Hall–Kier alpha value is -1.53. The van der Waals surface area contributed by atoms with Gasteiger partial charge in [0.1, 0.15) is 5.92 Å². The zero-order valence-corrected chi connectivity index (χ0v) is 11.9. The first-order valence-corrected chi connectivity index (χ1v) is 7.13. The van der Waals surface area contributed by atoms with Gasteiger partial charge < -0.3 is 4.84 Å². The molecule has 1 aliphatic heterocycles. The molecule has 1 aromatic carbocycles. The number of carbonyl (C=O) groups is 2. The molecule has 0 aromatic heterocycles. The summed E-state index contributed by atoms with van der Waals surface area (Å²) < 4.78 is 0. The van der Waals surface area contributed by atoms with Gasteiger partial charge in [-0.05, 0) is 29.1 Å². The number of nitrogens with zero attached hydrogens (tertiary/aromatic N) is 2. The lowest BCUT2D eigenvalue weighted by Crippen LogP contribution is -2.40. The molecule has 0 aliphatic carbocycles. The van der Waals surface area contributed by atoms with Crippen LogP contribution in [0.5, 0.6) is 0 Å². The normalized spacial score (nSPS) is 19.3. The lowest BCUT2D eigenvalue weighted by atomic mass is 10.0. The topological polar surface area (TPSA) is 49.9 Å². The molecule has 5 nitrogen and oxygen atoms in total. The molecular formula is C13H16N2O3S. The second-order valence-corrected chi connectivity index (χ2v) is 5.19. The number of hydrogen-bond donors (Lipinski definition) is 0. The molecule has 0 saturated carbocycles. The lowest BCUT2D eigenvalue weighted by molar-refractivity contribution is -0.231. The van der Waals surface area contributed by atoms with E-state index in [2.05, 4.69) is 0 Å². The highest BCUT2D eigenvalue weighted by Gasteiger charge is 2.37. The summed E-state index contributed by atoms with van der Waals surface area (Å²) in [4.78, 5) is 29.4. The lowest BCUT2D eigenvalue weighted by Gasteiger charge is -2.23. The van der Waals surface area contributed by atoms with E-state index in [1.165, 1.54) is 17.1 Å². The van der Waals surface area contributed by atoms with Crippen molar-refractivity contribution in [3.05, 3.63) is 29.8 Å². The van der Waals surface area contributed by atoms with Crippen molar-refractivity contribution in [2.24, 2.45) is 0 Å². The van der Waals surface area contributed by atoms with Gasteiger partial charge in [0.25, 0.3) is 0 Å². The molecule has 19 heavy (non-hydrogen) atoms. The largest absolute Gasteiger partial charge is 0.347 e. The average Bonchev–Trinajstić information content (AvgIpc) is 2.80. The van der Waals surface area contributed by atoms with Gasteiger partial charge in [-0.2, -0.15) is 0 Å². The van der Waals surface area contributed by atoms with E-state index in [-0.39, 0.29) is 17.8 Å². The molecule has 0 N–H and O–H groups in total. The standard InChI is InChI=1S/C13H16N2O3S/c1-9(16)14(2)15-8-12(13(17)18-15)10-4-6-11(19-3)7-5-10/h4-7,12H,8H2,1-3H3. The van der Waals surface area contributed by atoms with E-state index in [0.717, 1.165) is 10.5 Å². The van der Waals surface area contributed by atoms with Crippen LogP contribution < -0.4 is 0 Å². The van der Waals surface area contributed by atoms with E-state index in [4.69, 9.17) is 4.84 Å². The first kappa shape index (κ1) is 13.9. The molecule has 0 bridgehead atoms. The molecule has 2 rings (SSSR count). The van der Waals surface area contributed by atoms with Gasteiger partial charge in [0, 0.05) is 18.9 Å². The van der Waals surface area contributed by atoms with Gasteiger partial charge in [-0.15, -0.1) is 11.8 Å². The molecule has 1 aliphatic rings. The number of hydrazine groups is 1. The number of carbonyl (C=O) groups excluding carboxylic acids is 2. The van der Waals surface area contributed by atoms with Crippen molar-refractivity contribution in [2.45, 2.75) is 17.7 Å². The highest BCUT2D eigenvalue weighted by molar-refractivity contribution is 7.98. The van der Waals surface area contributed by atoms with Crippen LogP contribution in [0.25, 0.3) is 0 Å². The second kappa shape index (κ2) is 5.63. The Balaban J connectivity index is 2.13. The molecular weight excluding hydrogens is 264 g/mol. The van der Waals surface area contributed by atoms with Crippen molar-refractivity contribution in [2.75, 3.05) is 19.8 Å². The van der Waals surface area contributed by atoms with Crippen molar-refractivity contribution in [1.82, 2.24) is 10.2 Å². The number of hydrogen-bond acceptors (Lipinski definition) is 5. The zero-order chi connectivity index (χ0) is 14.0. The summed E-state index contributed by atoms with van der Waals surface area (Å²) in [7, 11) is 1.58. The fraction of sp³-hybridized carbons (Fsp3) is 0.385. The Labute approximate surface area is 116 Å². The Morgan fingerprint density at radius 2 is 2.05 bits per heavy atom. The molecule has 1 atom stereocenters. The first-order chi connectivity index (χ1) is 9.02. The van der Waals surface area contributed by atoms with Crippen LogP contribution in [-0.4, -0.2) is 41.9 Å². The average molecular weight is 280 g/mol. The Kier molecular flexibility index (Phi) is 4.11. The van der Waals surface area contributed by atoms with Crippen molar-refractivity contribution in [1.29, 1.82) is 0 Å². The molecule has 6 heteroatoms. The van der Waals surface area contributed by atoms with Crippen LogP contribution in [0.3, 0.4) is 0 Å². The van der Waals surface area contributed by atoms with E-state index in [1.54, 1.807) is 18.8 Å². The SMILES string of the molecule is CSc1ccc(C2CN(N(C)C(C)=O)OC2=O)cc1.